The minimum atomic E-state index is -0.626. The summed E-state index contributed by atoms with van der Waals surface area (Å²) in [6.07, 6.45) is 3.46. The molecule has 0 bridgehead atoms. The average Bonchev–Trinajstić information content (AvgIpc) is 3.40. The molecule has 4 atom stereocenters. The van der Waals surface area contributed by atoms with Gasteiger partial charge < -0.3 is 15.0 Å². The van der Waals surface area contributed by atoms with Crippen LogP contribution in [0.1, 0.15) is 40.2 Å². The molecule has 27 heavy (non-hydrogen) atoms. The van der Waals surface area contributed by atoms with Gasteiger partial charge in [0.05, 0.1) is 10.3 Å². The number of ether oxygens (including phenoxy) is 1. The highest BCUT2D eigenvalue weighted by atomic mass is 35.5. The molecular formula is C19H23ClN2O4S. The fourth-order valence-electron chi connectivity index (χ4n) is 4.44. The first-order chi connectivity index (χ1) is 13.0. The summed E-state index contributed by atoms with van der Waals surface area (Å²) in [6, 6.07) is 2.42. The van der Waals surface area contributed by atoms with E-state index >= 15 is 0 Å². The van der Waals surface area contributed by atoms with Crippen molar-refractivity contribution >= 4 is 40.5 Å². The summed E-state index contributed by atoms with van der Waals surface area (Å²) in [7, 11) is 0. The summed E-state index contributed by atoms with van der Waals surface area (Å²) in [5.41, 5.74) is 0. The van der Waals surface area contributed by atoms with Crippen LogP contribution >= 0.6 is 22.9 Å². The summed E-state index contributed by atoms with van der Waals surface area (Å²) < 4.78 is 5.48. The van der Waals surface area contributed by atoms with Gasteiger partial charge in [0.15, 0.2) is 5.78 Å². The Bertz CT molecular complexity index is 761. The van der Waals surface area contributed by atoms with Crippen molar-refractivity contribution in [1.82, 2.24) is 10.2 Å². The molecule has 3 fully saturated rings. The number of amides is 2. The average molecular weight is 411 g/mol. The lowest BCUT2D eigenvalue weighted by Crippen LogP contribution is -2.54. The summed E-state index contributed by atoms with van der Waals surface area (Å²) in [4.78, 5) is 41.5. The van der Waals surface area contributed by atoms with E-state index in [9.17, 15) is 14.4 Å². The number of hydrogen-bond acceptors (Lipinski definition) is 5. The number of aryl methyl sites for hydroxylation is 1. The molecule has 0 radical (unpaired) electrons. The zero-order chi connectivity index (χ0) is 19.1. The van der Waals surface area contributed by atoms with Crippen molar-refractivity contribution in [1.29, 1.82) is 0 Å². The monoisotopic (exact) mass is 410 g/mol. The van der Waals surface area contributed by atoms with E-state index in [4.69, 9.17) is 16.3 Å². The van der Waals surface area contributed by atoms with E-state index < -0.39 is 23.6 Å². The molecule has 1 N–H and O–H groups in total. The highest BCUT2D eigenvalue weighted by molar-refractivity contribution is 7.13. The van der Waals surface area contributed by atoms with Crippen LogP contribution in [0.15, 0.2) is 12.1 Å². The van der Waals surface area contributed by atoms with Crippen molar-refractivity contribution in [3.8, 4) is 0 Å². The Hall–Kier alpha value is -1.44. The van der Waals surface area contributed by atoms with Gasteiger partial charge in [-0.25, -0.2) is 0 Å². The van der Waals surface area contributed by atoms with Gasteiger partial charge in [-0.05, 0) is 37.8 Å². The lowest BCUT2D eigenvalue weighted by atomic mass is 9.96. The molecule has 146 valence electrons. The number of Topliss-reactive ketones (excluding diaryl/α,β-unsaturated/α-hetero) is 1. The smallest absolute Gasteiger partial charge is 0.262 e. The molecule has 8 heteroatoms. The predicted molar refractivity (Wildman–Crippen MR) is 102 cm³/mol. The molecule has 0 aromatic carbocycles. The number of halogens is 1. The van der Waals surface area contributed by atoms with Gasteiger partial charge in [0, 0.05) is 11.4 Å². The summed E-state index contributed by atoms with van der Waals surface area (Å²) in [5, 5.41) is 2.56. The Morgan fingerprint density at radius 3 is 2.74 bits per heavy atom. The quantitative estimate of drug-likeness (QED) is 0.771. The van der Waals surface area contributed by atoms with E-state index in [1.807, 2.05) is 13.0 Å². The third-order valence-electron chi connectivity index (χ3n) is 5.79. The number of thiophene rings is 1. The number of carbonyl (C=O) groups is 3. The highest BCUT2D eigenvalue weighted by Crippen LogP contribution is 2.34. The highest BCUT2D eigenvalue weighted by Gasteiger charge is 2.53. The van der Waals surface area contributed by atoms with Gasteiger partial charge in [0.25, 0.3) is 5.91 Å². The normalized spacial score (nSPS) is 29.2. The summed E-state index contributed by atoms with van der Waals surface area (Å²) in [5.74, 6) is -0.458. The van der Waals surface area contributed by atoms with Crippen LogP contribution in [0.2, 0.25) is 0 Å². The second-order valence-electron chi connectivity index (χ2n) is 7.60. The first-order valence-corrected chi connectivity index (χ1v) is 10.7. The molecule has 0 unspecified atom stereocenters. The molecule has 1 aliphatic carbocycles. The van der Waals surface area contributed by atoms with Crippen LogP contribution in [0.3, 0.4) is 0 Å². The Morgan fingerprint density at radius 2 is 2.07 bits per heavy atom. The molecule has 2 aliphatic heterocycles. The first-order valence-electron chi connectivity index (χ1n) is 9.42. The number of likely N-dealkylation sites (tertiary alicyclic amines) is 1. The minimum Gasteiger partial charge on any atom is -0.366 e. The fourth-order valence-corrected chi connectivity index (χ4v) is 5.57. The molecule has 1 saturated carbocycles. The maximum atomic E-state index is 13.4. The number of alkyl halides is 1. The van der Waals surface area contributed by atoms with Crippen LogP contribution in [0.25, 0.3) is 0 Å². The van der Waals surface area contributed by atoms with Gasteiger partial charge in [0.2, 0.25) is 5.91 Å². The second-order valence-corrected chi connectivity index (χ2v) is 9.45. The predicted octanol–water partition coefficient (Wildman–Crippen LogP) is 2.13. The van der Waals surface area contributed by atoms with Gasteiger partial charge in [0.1, 0.15) is 24.8 Å². The van der Waals surface area contributed by atoms with E-state index in [2.05, 4.69) is 5.32 Å². The van der Waals surface area contributed by atoms with Crippen LogP contribution in [0.5, 0.6) is 0 Å². The van der Waals surface area contributed by atoms with E-state index in [-0.39, 0.29) is 36.7 Å². The maximum absolute atomic E-state index is 13.4. The van der Waals surface area contributed by atoms with E-state index in [1.165, 1.54) is 11.3 Å². The largest absolute Gasteiger partial charge is 0.366 e. The van der Waals surface area contributed by atoms with Crippen molar-refractivity contribution in [3.05, 3.63) is 21.9 Å². The fraction of sp³-hybridized carbons (Fsp3) is 0.632. The standard InChI is InChI=1S/C19H23ClN2O4S/c1-10-6-7-14(27-10)18(24)21-15(11-4-2-3-5-11)19(25)22-8-12(20)17-16(22)13(23)9-26-17/h6-7,11-12,15-17H,2-5,8-9H2,1H3,(H,21,24)/t12-,15-,16+,17+/m0/s1. The number of fused-ring (bicyclic) bond motifs is 1. The number of ketones is 1. The van der Waals surface area contributed by atoms with E-state index in [0.717, 1.165) is 30.6 Å². The van der Waals surface area contributed by atoms with Crippen molar-refractivity contribution in [2.75, 3.05) is 13.2 Å². The van der Waals surface area contributed by atoms with Crippen LogP contribution in [-0.4, -0.2) is 59.2 Å². The van der Waals surface area contributed by atoms with Crippen LogP contribution in [0, 0.1) is 12.8 Å². The Kier molecular flexibility index (Phi) is 5.27. The third-order valence-corrected chi connectivity index (χ3v) is 7.18. The third kappa shape index (κ3) is 3.52. The number of hydrogen-bond donors (Lipinski definition) is 1. The van der Waals surface area contributed by atoms with Gasteiger partial charge in [-0.3, -0.25) is 14.4 Å². The molecule has 1 aromatic rings. The van der Waals surface area contributed by atoms with Gasteiger partial charge >= 0.3 is 0 Å². The first kappa shape index (κ1) is 18.9. The van der Waals surface area contributed by atoms with E-state index in [0.29, 0.717) is 4.88 Å². The van der Waals surface area contributed by atoms with Crippen LogP contribution in [-0.2, 0) is 14.3 Å². The van der Waals surface area contributed by atoms with Crippen molar-refractivity contribution in [2.24, 2.45) is 5.92 Å². The van der Waals surface area contributed by atoms with Gasteiger partial charge in [-0.1, -0.05) is 12.8 Å². The van der Waals surface area contributed by atoms with Crippen molar-refractivity contribution in [3.63, 3.8) is 0 Å². The number of nitrogens with zero attached hydrogens (tertiary/aromatic N) is 1. The molecule has 2 amide bonds. The van der Waals surface area contributed by atoms with Gasteiger partial charge in [-0.15, -0.1) is 22.9 Å². The lowest BCUT2D eigenvalue weighted by Gasteiger charge is -2.30. The van der Waals surface area contributed by atoms with Gasteiger partial charge in [-0.2, -0.15) is 0 Å². The molecule has 3 heterocycles. The molecule has 1 aromatic heterocycles. The molecule has 0 spiro atoms. The Balaban J connectivity index is 1.56. The van der Waals surface area contributed by atoms with Crippen LogP contribution < -0.4 is 5.32 Å². The Morgan fingerprint density at radius 1 is 1.33 bits per heavy atom. The molecule has 4 rings (SSSR count). The molecular weight excluding hydrogens is 388 g/mol. The lowest BCUT2D eigenvalue weighted by molar-refractivity contribution is -0.139. The zero-order valence-corrected chi connectivity index (χ0v) is 16.7. The Labute approximate surface area is 167 Å². The minimum absolute atomic E-state index is 0.00272. The molecule has 2 saturated heterocycles. The van der Waals surface area contributed by atoms with Crippen molar-refractivity contribution < 1.29 is 19.1 Å². The number of carbonyl (C=O) groups excluding carboxylic acids is 3. The maximum Gasteiger partial charge on any atom is 0.262 e. The molecule has 3 aliphatic rings. The van der Waals surface area contributed by atoms with Crippen LogP contribution in [0.4, 0.5) is 0 Å². The zero-order valence-electron chi connectivity index (χ0n) is 15.2. The van der Waals surface area contributed by atoms with E-state index in [1.54, 1.807) is 11.0 Å². The van der Waals surface area contributed by atoms with Crippen molar-refractivity contribution in [2.45, 2.75) is 56.2 Å². The SMILES string of the molecule is Cc1ccc(C(=O)N[C@H](C(=O)N2C[C@H](Cl)[C@H]3OCC(=O)[C@H]32)C2CCCC2)s1. The second kappa shape index (κ2) is 7.53. The summed E-state index contributed by atoms with van der Waals surface area (Å²) in [6.45, 7) is 2.22. The molecule has 6 nitrogen and oxygen atoms in total. The topological polar surface area (TPSA) is 75.7 Å². The summed E-state index contributed by atoms with van der Waals surface area (Å²) >= 11 is 7.74. The number of nitrogens with one attached hydrogen (secondary N) is 1. The number of rotatable bonds is 4.